The van der Waals surface area contributed by atoms with Crippen molar-refractivity contribution in [3.8, 4) is 5.75 Å². The lowest BCUT2D eigenvalue weighted by atomic mass is 9.78. The number of likely N-dealkylation sites (N-methyl/N-ethyl adjacent to an activating group) is 1. The molecule has 1 aromatic rings. The largest absolute Gasteiger partial charge is 0.508 e. The third-order valence-electron chi connectivity index (χ3n) is 3.68. The van der Waals surface area contributed by atoms with Crippen LogP contribution in [0.1, 0.15) is 31.7 Å². The van der Waals surface area contributed by atoms with Gasteiger partial charge in [0.25, 0.3) is 0 Å². The van der Waals surface area contributed by atoms with Gasteiger partial charge in [-0.2, -0.15) is 0 Å². The van der Waals surface area contributed by atoms with Crippen LogP contribution in [0.5, 0.6) is 5.75 Å². The van der Waals surface area contributed by atoms with Crippen molar-refractivity contribution in [1.82, 2.24) is 4.90 Å². The van der Waals surface area contributed by atoms with Crippen LogP contribution in [0.25, 0.3) is 0 Å². The first-order valence-corrected chi connectivity index (χ1v) is 6.08. The van der Waals surface area contributed by atoms with Crippen LogP contribution < -0.4 is 0 Å². The van der Waals surface area contributed by atoms with Crippen LogP contribution in [0.15, 0.2) is 24.3 Å². The Hall–Kier alpha value is -1.02. The molecule has 1 aliphatic rings. The van der Waals surface area contributed by atoms with Gasteiger partial charge >= 0.3 is 0 Å². The molecule has 1 aromatic carbocycles. The van der Waals surface area contributed by atoms with Gasteiger partial charge in [0.2, 0.25) is 0 Å². The molecular weight excluding hydrogens is 198 g/mol. The smallest absolute Gasteiger partial charge is 0.115 e. The molecule has 16 heavy (non-hydrogen) atoms. The van der Waals surface area contributed by atoms with E-state index in [9.17, 15) is 5.11 Å². The molecule has 1 fully saturated rings. The summed E-state index contributed by atoms with van der Waals surface area (Å²) in [5.41, 5.74) is 1.45. The second kappa shape index (κ2) is 4.46. The van der Waals surface area contributed by atoms with Crippen molar-refractivity contribution in [2.75, 3.05) is 20.1 Å². The summed E-state index contributed by atoms with van der Waals surface area (Å²) >= 11 is 0. The number of benzene rings is 1. The third-order valence-corrected chi connectivity index (χ3v) is 3.68. The van der Waals surface area contributed by atoms with Crippen molar-refractivity contribution < 1.29 is 5.11 Å². The SMILES string of the molecule is CN1CCCCC(C)(c2cccc(O)c2)C1. The average molecular weight is 219 g/mol. The van der Waals surface area contributed by atoms with Gasteiger partial charge in [0.15, 0.2) is 0 Å². The van der Waals surface area contributed by atoms with E-state index in [1.54, 1.807) is 6.07 Å². The first-order valence-electron chi connectivity index (χ1n) is 6.08. The fourth-order valence-corrected chi connectivity index (χ4v) is 2.77. The molecule has 1 saturated heterocycles. The molecule has 0 radical (unpaired) electrons. The van der Waals surface area contributed by atoms with Crippen molar-refractivity contribution in [3.05, 3.63) is 29.8 Å². The predicted molar refractivity (Wildman–Crippen MR) is 66.8 cm³/mol. The fourth-order valence-electron chi connectivity index (χ4n) is 2.77. The van der Waals surface area contributed by atoms with E-state index < -0.39 is 0 Å². The Morgan fingerprint density at radius 2 is 2.12 bits per heavy atom. The van der Waals surface area contributed by atoms with Crippen LogP contribution in [-0.2, 0) is 5.41 Å². The average Bonchev–Trinajstić information content (AvgIpc) is 2.41. The van der Waals surface area contributed by atoms with Crippen LogP contribution in [0, 0.1) is 0 Å². The van der Waals surface area contributed by atoms with Crippen LogP contribution in [0.3, 0.4) is 0 Å². The van der Waals surface area contributed by atoms with Crippen molar-refractivity contribution in [2.24, 2.45) is 0 Å². The number of phenolic OH excluding ortho intramolecular Hbond substituents is 1. The number of rotatable bonds is 1. The highest BCUT2D eigenvalue weighted by Crippen LogP contribution is 2.33. The number of phenols is 1. The van der Waals surface area contributed by atoms with Gasteiger partial charge in [-0.15, -0.1) is 0 Å². The molecule has 1 N–H and O–H groups in total. The zero-order valence-electron chi connectivity index (χ0n) is 10.2. The Labute approximate surface area is 97.9 Å². The molecule has 0 aliphatic carbocycles. The summed E-state index contributed by atoms with van der Waals surface area (Å²) in [5.74, 6) is 0.380. The third kappa shape index (κ3) is 2.38. The molecule has 0 aromatic heterocycles. The lowest BCUT2D eigenvalue weighted by Gasteiger charge is -2.32. The van der Waals surface area contributed by atoms with Gasteiger partial charge in [0, 0.05) is 12.0 Å². The van der Waals surface area contributed by atoms with Crippen LogP contribution >= 0.6 is 0 Å². The van der Waals surface area contributed by atoms with Crippen molar-refractivity contribution >= 4 is 0 Å². The second-order valence-electron chi connectivity index (χ2n) is 5.31. The zero-order valence-corrected chi connectivity index (χ0v) is 10.2. The Kier molecular flexibility index (Phi) is 3.20. The lowest BCUT2D eigenvalue weighted by molar-refractivity contribution is 0.277. The molecule has 2 rings (SSSR count). The van der Waals surface area contributed by atoms with Gasteiger partial charge in [0.05, 0.1) is 0 Å². The molecule has 1 aliphatic heterocycles. The maximum Gasteiger partial charge on any atom is 0.115 e. The number of likely N-dealkylation sites (tertiary alicyclic amines) is 1. The van der Waals surface area contributed by atoms with E-state index in [1.807, 2.05) is 12.1 Å². The van der Waals surface area contributed by atoms with Gasteiger partial charge in [-0.25, -0.2) is 0 Å². The van der Waals surface area contributed by atoms with Gasteiger partial charge < -0.3 is 10.0 Å². The monoisotopic (exact) mass is 219 g/mol. The summed E-state index contributed by atoms with van der Waals surface area (Å²) in [6, 6.07) is 7.74. The van der Waals surface area contributed by atoms with Crippen molar-refractivity contribution in [1.29, 1.82) is 0 Å². The predicted octanol–water partition coefficient (Wildman–Crippen LogP) is 2.77. The molecule has 0 amide bonds. The minimum absolute atomic E-state index is 0.185. The van der Waals surface area contributed by atoms with Crippen molar-refractivity contribution in [2.45, 2.75) is 31.6 Å². The van der Waals surface area contributed by atoms with Gasteiger partial charge in [-0.3, -0.25) is 0 Å². The Balaban J connectivity index is 2.28. The van der Waals surface area contributed by atoms with E-state index in [1.165, 1.54) is 31.4 Å². The maximum absolute atomic E-state index is 9.58. The number of hydrogen-bond donors (Lipinski definition) is 1. The second-order valence-corrected chi connectivity index (χ2v) is 5.31. The quantitative estimate of drug-likeness (QED) is 0.785. The topological polar surface area (TPSA) is 23.5 Å². The summed E-state index contributed by atoms with van der Waals surface area (Å²) in [4.78, 5) is 2.40. The zero-order chi connectivity index (χ0) is 11.6. The molecule has 0 bridgehead atoms. The summed E-state index contributed by atoms with van der Waals surface area (Å²) in [5, 5.41) is 9.58. The Bertz CT molecular complexity index is 364. The van der Waals surface area contributed by atoms with Crippen molar-refractivity contribution in [3.63, 3.8) is 0 Å². The summed E-state index contributed by atoms with van der Waals surface area (Å²) < 4.78 is 0. The summed E-state index contributed by atoms with van der Waals surface area (Å²) in [7, 11) is 2.19. The van der Waals surface area contributed by atoms with E-state index in [-0.39, 0.29) is 5.41 Å². The normalized spacial score (nSPS) is 27.6. The highest BCUT2D eigenvalue weighted by molar-refractivity contribution is 5.33. The van der Waals surface area contributed by atoms with Crippen LogP contribution in [-0.4, -0.2) is 30.1 Å². The highest BCUT2D eigenvalue weighted by atomic mass is 16.3. The first-order chi connectivity index (χ1) is 7.60. The standard InChI is InChI=1S/C14H21NO/c1-14(8-3-4-9-15(2)11-14)12-6-5-7-13(16)10-12/h5-7,10,16H,3-4,8-9,11H2,1-2H3. The number of nitrogens with zero attached hydrogens (tertiary/aromatic N) is 1. The first kappa shape index (κ1) is 11.5. The van der Waals surface area contributed by atoms with E-state index >= 15 is 0 Å². The van der Waals surface area contributed by atoms with Crippen LogP contribution in [0.4, 0.5) is 0 Å². The van der Waals surface area contributed by atoms with E-state index in [2.05, 4.69) is 24.9 Å². The molecule has 1 atom stereocenters. The Morgan fingerprint density at radius 3 is 2.88 bits per heavy atom. The summed E-state index contributed by atoms with van der Waals surface area (Å²) in [6.45, 7) is 4.58. The maximum atomic E-state index is 9.58. The molecule has 2 nitrogen and oxygen atoms in total. The van der Waals surface area contributed by atoms with E-state index in [0.29, 0.717) is 5.75 Å². The van der Waals surface area contributed by atoms with E-state index in [4.69, 9.17) is 0 Å². The lowest BCUT2D eigenvalue weighted by Crippen LogP contribution is -2.35. The Morgan fingerprint density at radius 1 is 1.31 bits per heavy atom. The minimum Gasteiger partial charge on any atom is -0.508 e. The molecule has 0 saturated carbocycles. The minimum atomic E-state index is 0.185. The highest BCUT2D eigenvalue weighted by Gasteiger charge is 2.29. The number of aromatic hydroxyl groups is 1. The molecule has 1 heterocycles. The molecule has 2 heteroatoms. The van der Waals surface area contributed by atoms with Gasteiger partial charge in [-0.1, -0.05) is 25.5 Å². The van der Waals surface area contributed by atoms with Gasteiger partial charge in [-0.05, 0) is 44.1 Å². The number of hydrogen-bond acceptors (Lipinski definition) is 2. The summed E-state index contributed by atoms with van der Waals surface area (Å²) in [6.07, 6.45) is 3.77. The molecule has 1 unspecified atom stereocenters. The fraction of sp³-hybridized carbons (Fsp3) is 0.571. The molecule has 88 valence electrons. The molecule has 0 spiro atoms. The molecular formula is C14H21NO. The van der Waals surface area contributed by atoms with Gasteiger partial charge in [0.1, 0.15) is 5.75 Å². The van der Waals surface area contributed by atoms with Crippen LogP contribution in [0.2, 0.25) is 0 Å². The van der Waals surface area contributed by atoms with E-state index in [0.717, 1.165) is 6.54 Å².